The molecule has 0 aliphatic heterocycles. The summed E-state index contributed by atoms with van der Waals surface area (Å²) in [6.07, 6.45) is 1.47. The van der Waals surface area contributed by atoms with Gasteiger partial charge < -0.3 is 19.2 Å². The number of halogens is 1. The topological polar surface area (TPSA) is 128 Å². The minimum Gasteiger partial charge on any atom is -0.496 e. The molecule has 35 heavy (non-hydrogen) atoms. The quantitative estimate of drug-likeness (QED) is 0.366. The number of methoxy groups -OCH3 is 1. The summed E-state index contributed by atoms with van der Waals surface area (Å²) in [5.41, 5.74) is -0.309. The number of rotatable bonds is 7. The number of hydrogen-bond donors (Lipinski definition) is 2. The van der Waals surface area contributed by atoms with Gasteiger partial charge in [0.25, 0.3) is 11.5 Å². The zero-order chi connectivity index (χ0) is 25.1. The van der Waals surface area contributed by atoms with Crippen molar-refractivity contribution in [2.24, 2.45) is 0 Å². The first-order valence-electron chi connectivity index (χ1n) is 10.4. The zero-order valence-electron chi connectivity index (χ0n) is 19.0. The molecule has 0 bridgehead atoms. The van der Waals surface area contributed by atoms with E-state index in [2.05, 4.69) is 31.3 Å². The molecule has 0 spiro atoms. The summed E-state index contributed by atoms with van der Waals surface area (Å²) >= 11 is 3.44. The molecule has 10 nitrogen and oxygen atoms in total. The van der Waals surface area contributed by atoms with Crippen LogP contribution in [0, 0.1) is 13.8 Å². The molecule has 0 unspecified atom stereocenters. The van der Waals surface area contributed by atoms with Gasteiger partial charge in [0, 0.05) is 0 Å². The third-order valence-electron chi connectivity index (χ3n) is 5.08. The van der Waals surface area contributed by atoms with Crippen molar-refractivity contribution in [1.29, 1.82) is 0 Å². The van der Waals surface area contributed by atoms with Gasteiger partial charge >= 0.3 is 5.69 Å². The number of carbonyl (C=O) groups excluding carboxylic acids is 1. The van der Waals surface area contributed by atoms with Crippen LogP contribution >= 0.6 is 15.9 Å². The number of nitrogens with zero attached hydrogens (tertiary/aromatic N) is 2. The molecule has 2 aromatic carbocycles. The van der Waals surface area contributed by atoms with Gasteiger partial charge in [-0.2, -0.15) is 9.78 Å². The van der Waals surface area contributed by atoms with Crippen molar-refractivity contribution >= 4 is 21.8 Å². The summed E-state index contributed by atoms with van der Waals surface area (Å²) < 4.78 is 18.2. The maximum absolute atomic E-state index is 12.5. The van der Waals surface area contributed by atoms with E-state index in [-0.39, 0.29) is 6.54 Å². The van der Waals surface area contributed by atoms with Gasteiger partial charge in [0.15, 0.2) is 0 Å². The Labute approximate surface area is 207 Å². The summed E-state index contributed by atoms with van der Waals surface area (Å²) in [7, 11) is 1.58. The predicted octanol–water partition coefficient (Wildman–Crippen LogP) is 3.62. The fraction of sp³-hybridized carbons (Fsp3) is 0.167. The number of H-pyrrole nitrogens is 1. The normalized spacial score (nSPS) is 10.7. The number of aromatic amines is 1. The highest BCUT2D eigenvalue weighted by Gasteiger charge is 2.18. The lowest BCUT2D eigenvalue weighted by atomic mass is 10.1. The highest BCUT2D eigenvalue weighted by Crippen LogP contribution is 2.34. The second-order valence-corrected chi connectivity index (χ2v) is 8.44. The van der Waals surface area contributed by atoms with Crippen molar-refractivity contribution in [2.45, 2.75) is 20.4 Å². The fourth-order valence-electron chi connectivity index (χ4n) is 3.43. The van der Waals surface area contributed by atoms with Crippen LogP contribution in [-0.4, -0.2) is 27.8 Å². The number of hydrogen-bond acceptors (Lipinski definition) is 7. The third-order valence-corrected chi connectivity index (χ3v) is 5.70. The van der Waals surface area contributed by atoms with E-state index < -0.39 is 22.9 Å². The van der Waals surface area contributed by atoms with Gasteiger partial charge in [0.05, 0.1) is 30.1 Å². The number of aryl methyl sites for hydroxylation is 2. The van der Waals surface area contributed by atoms with Crippen LogP contribution in [0.5, 0.6) is 17.2 Å². The fourth-order valence-corrected chi connectivity index (χ4v) is 3.95. The molecular weight excluding hydrogens is 520 g/mol. The standard InChI is InChI=1S/C24H21BrN4O6/c1-13-9-15(10-14(2)21(13)35-16-6-7-19(33-3)18(25)11-16)29-24(32)27-23(31)20(28-29)22(30)26-12-17-5-4-8-34-17/h4-11H,12H2,1-3H3,(H,26,30)(H,27,31,32). The molecule has 2 heterocycles. The maximum atomic E-state index is 12.5. The number of aromatic nitrogens is 3. The Kier molecular flexibility index (Phi) is 6.87. The van der Waals surface area contributed by atoms with Crippen LogP contribution in [-0.2, 0) is 6.54 Å². The Morgan fingerprint density at radius 3 is 2.54 bits per heavy atom. The molecule has 0 aliphatic rings. The Hall–Kier alpha value is -4.12. The minimum atomic E-state index is -0.887. The van der Waals surface area contributed by atoms with Crippen molar-refractivity contribution in [1.82, 2.24) is 20.1 Å². The predicted molar refractivity (Wildman–Crippen MR) is 131 cm³/mol. The van der Waals surface area contributed by atoms with E-state index in [0.29, 0.717) is 28.7 Å². The van der Waals surface area contributed by atoms with Gasteiger partial charge in [-0.25, -0.2) is 4.79 Å². The largest absolute Gasteiger partial charge is 0.496 e. The monoisotopic (exact) mass is 540 g/mol. The van der Waals surface area contributed by atoms with Gasteiger partial charge in [-0.15, -0.1) is 0 Å². The number of benzene rings is 2. The van der Waals surface area contributed by atoms with Crippen LogP contribution in [0.1, 0.15) is 27.4 Å². The molecule has 1 amide bonds. The number of nitrogens with one attached hydrogen (secondary N) is 2. The average molecular weight is 541 g/mol. The van der Waals surface area contributed by atoms with Gasteiger partial charge in [0.1, 0.15) is 23.0 Å². The Bertz CT molecular complexity index is 1480. The number of furan rings is 1. The van der Waals surface area contributed by atoms with Crippen LogP contribution in [0.15, 0.2) is 67.2 Å². The molecule has 11 heteroatoms. The Morgan fingerprint density at radius 2 is 1.91 bits per heavy atom. The van der Waals surface area contributed by atoms with Gasteiger partial charge in [0.2, 0.25) is 5.69 Å². The molecule has 0 saturated heterocycles. The molecule has 2 N–H and O–H groups in total. The zero-order valence-corrected chi connectivity index (χ0v) is 20.6. The number of ether oxygens (including phenoxy) is 2. The molecule has 4 rings (SSSR count). The first-order valence-corrected chi connectivity index (χ1v) is 11.2. The van der Waals surface area contributed by atoms with E-state index in [1.165, 1.54) is 6.26 Å². The van der Waals surface area contributed by atoms with Crippen LogP contribution in [0.3, 0.4) is 0 Å². The van der Waals surface area contributed by atoms with Crippen LogP contribution < -0.4 is 26.0 Å². The Balaban J connectivity index is 1.64. The molecule has 0 aliphatic carbocycles. The highest BCUT2D eigenvalue weighted by atomic mass is 79.9. The van der Waals surface area contributed by atoms with Crippen LogP contribution in [0.2, 0.25) is 0 Å². The first kappa shape index (κ1) is 24.0. The lowest BCUT2D eigenvalue weighted by molar-refractivity contribution is 0.0939. The second-order valence-electron chi connectivity index (χ2n) is 7.59. The van der Waals surface area contributed by atoms with Crippen LogP contribution in [0.4, 0.5) is 0 Å². The van der Waals surface area contributed by atoms with E-state index in [1.54, 1.807) is 49.6 Å². The van der Waals surface area contributed by atoms with E-state index in [4.69, 9.17) is 13.9 Å². The van der Waals surface area contributed by atoms with E-state index in [0.717, 1.165) is 20.3 Å². The lowest BCUT2D eigenvalue weighted by Gasteiger charge is -2.15. The first-order chi connectivity index (χ1) is 16.8. The molecule has 0 atom stereocenters. The second kappa shape index (κ2) is 10.0. The van der Waals surface area contributed by atoms with E-state index >= 15 is 0 Å². The molecule has 4 aromatic rings. The summed E-state index contributed by atoms with van der Waals surface area (Å²) in [6, 6.07) is 12.1. The van der Waals surface area contributed by atoms with Gasteiger partial charge in [-0.3, -0.25) is 14.6 Å². The molecular formula is C24H21BrN4O6. The molecule has 2 aromatic heterocycles. The lowest BCUT2D eigenvalue weighted by Crippen LogP contribution is -2.39. The highest BCUT2D eigenvalue weighted by molar-refractivity contribution is 9.10. The summed E-state index contributed by atoms with van der Waals surface area (Å²) in [4.78, 5) is 39.4. The summed E-state index contributed by atoms with van der Waals surface area (Å²) in [5.74, 6) is 1.63. The molecule has 0 radical (unpaired) electrons. The maximum Gasteiger partial charge on any atom is 0.349 e. The number of carbonyl (C=O) groups is 1. The average Bonchev–Trinajstić information content (AvgIpc) is 3.34. The van der Waals surface area contributed by atoms with Crippen molar-refractivity contribution in [3.8, 4) is 22.9 Å². The number of amides is 1. The van der Waals surface area contributed by atoms with E-state index in [9.17, 15) is 14.4 Å². The minimum absolute atomic E-state index is 0.0673. The summed E-state index contributed by atoms with van der Waals surface area (Å²) in [5, 5.41) is 6.57. The van der Waals surface area contributed by atoms with Crippen LogP contribution in [0.25, 0.3) is 5.69 Å². The molecule has 0 fully saturated rings. The third kappa shape index (κ3) is 5.19. The van der Waals surface area contributed by atoms with Crippen molar-refractivity contribution in [2.75, 3.05) is 7.11 Å². The van der Waals surface area contributed by atoms with E-state index in [1.807, 2.05) is 13.8 Å². The smallest absolute Gasteiger partial charge is 0.349 e. The SMILES string of the molecule is COc1ccc(Oc2c(C)cc(-n3nc(C(=O)NCc4ccco4)c(=O)[nH]c3=O)cc2C)cc1Br. The van der Waals surface area contributed by atoms with Gasteiger partial charge in [-0.05, 0) is 83.4 Å². The summed E-state index contributed by atoms with van der Waals surface area (Å²) in [6.45, 7) is 3.70. The van der Waals surface area contributed by atoms with Gasteiger partial charge in [-0.1, -0.05) is 0 Å². The molecule has 0 saturated carbocycles. The van der Waals surface area contributed by atoms with Crippen molar-refractivity contribution < 1.29 is 18.7 Å². The molecule has 180 valence electrons. The Morgan fingerprint density at radius 1 is 1.17 bits per heavy atom. The van der Waals surface area contributed by atoms with Crippen molar-refractivity contribution in [3.05, 3.63) is 96.6 Å². The van der Waals surface area contributed by atoms with Crippen molar-refractivity contribution in [3.63, 3.8) is 0 Å².